The van der Waals surface area contributed by atoms with Crippen LogP contribution in [0.4, 0.5) is 4.79 Å². The normalized spacial score (nSPS) is 10.7. The van der Waals surface area contributed by atoms with Crippen molar-refractivity contribution in [1.82, 2.24) is 10.6 Å². The van der Waals surface area contributed by atoms with E-state index in [1.54, 1.807) is 13.8 Å². The fourth-order valence-corrected chi connectivity index (χ4v) is 1.50. The molecule has 0 aromatic rings. The summed E-state index contributed by atoms with van der Waals surface area (Å²) in [5.74, 6) is 0.0963. The van der Waals surface area contributed by atoms with E-state index in [1.165, 1.54) is 0 Å². The number of hydrogen-bond donors (Lipinski definition) is 2. The van der Waals surface area contributed by atoms with Crippen LogP contribution in [0.15, 0.2) is 0 Å². The van der Waals surface area contributed by atoms with Gasteiger partial charge in [0.1, 0.15) is 6.73 Å². The van der Waals surface area contributed by atoms with Gasteiger partial charge in [-0.05, 0) is 40.5 Å². The lowest BCUT2D eigenvalue weighted by Crippen LogP contribution is -2.29. The molecule has 0 aromatic carbocycles. The molecule has 0 bridgehead atoms. The highest BCUT2D eigenvalue weighted by Crippen LogP contribution is 2.00. The van der Waals surface area contributed by atoms with Crippen LogP contribution >= 0.6 is 0 Å². The molecule has 0 saturated heterocycles. The first-order chi connectivity index (χ1) is 9.41. The third-order valence-corrected chi connectivity index (χ3v) is 2.30. The van der Waals surface area contributed by atoms with Gasteiger partial charge in [0.15, 0.2) is 0 Å². The Labute approximate surface area is 121 Å². The quantitative estimate of drug-likeness (QED) is 0.477. The highest BCUT2D eigenvalue weighted by molar-refractivity contribution is 5.76. The third kappa shape index (κ3) is 13.1. The average Bonchev–Trinajstić information content (AvgIpc) is 2.30. The summed E-state index contributed by atoms with van der Waals surface area (Å²) in [4.78, 5) is 22.4. The molecule has 0 saturated carbocycles. The second-order valence-corrected chi connectivity index (χ2v) is 5.22. The van der Waals surface area contributed by atoms with Crippen LogP contribution in [0.1, 0.15) is 53.4 Å². The smallest absolute Gasteiger partial charge is 0.409 e. The van der Waals surface area contributed by atoms with E-state index in [0.29, 0.717) is 13.0 Å². The van der Waals surface area contributed by atoms with Gasteiger partial charge in [0.25, 0.3) is 0 Å². The van der Waals surface area contributed by atoms with Crippen LogP contribution in [0.2, 0.25) is 0 Å². The maximum Gasteiger partial charge on any atom is 0.409 e. The summed E-state index contributed by atoms with van der Waals surface area (Å²) in [6.07, 6.45) is 2.61. The molecule has 0 heterocycles. The van der Waals surface area contributed by atoms with Crippen molar-refractivity contribution in [2.75, 3.05) is 13.3 Å². The first-order valence-corrected chi connectivity index (χ1v) is 7.23. The van der Waals surface area contributed by atoms with Crippen molar-refractivity contribution in [1.29, 1.82) is 0 Å². The number of carbonyl (C=O) groups excluding carboxylic acids is 2. The van der Waals surface area contributed by atoms with Crippen LogP contribution in [0, 0.1) is 0 Å². The molecular formula is C14H28N2O4. The van der Waals surface area contributed by atoms with E-state index < -0.39 is 6.09 Å². The molecule has 2 amide bonds. The molecule has 0 rings (SSSR count). The maximum atomic E-state index is 11.3. The van der Waals surface area contributed by atoms with Gasteiger partial charge in [-0.15, -0.1) is 0 Å². The highest BCUT2D eigenvalue weighted by atomic mass is 16.6. The van der Waals surface area contributed by atoms with Crippen LogP contribution in [0.25, 0.3) is 0 Å². The second-order valence-electron chi connectivity index (χ2n) is 5.22. The summed E-state index contributed by atoms with van der Waals surface area (Å²) in [6, 6.07) is 0.197. The van der Waals surface area contributed by atoms with E-state index in [2.05, 4.69) is 10.6 Å². The lowest BCUT2D eigenvalue weighted by Gasteiger charge is -2.10. The molecule has 20 heavy (non-hydrogen) atoms. The van der Waals surface area contributed by atoms with Gasteiger partial charge in [0, 0.05) is 19.1 Å². The van der Waals surface area contributed by atoms with Crippen LogP contribution in [0.5, 0.6) is 0 Å². The maximum absolute atomic E-state index is 11.3. The van der Waals surface area contributed by atoms with E-state index in [1.807, 2.05) is 13.8 Å². The van der Waals surface area contributed by atoms with Crippen molar-refractivity contribution in [3.05, 3.63) is 0 Å². The Morgan fingerprint density at radius 2 is 1.75 bits per heavy atom. The number of nitrogens with one attached hydrogen (secondary N) is 2. The second kappa shape index (κ2) is 11.5. The molecule has 0 atom stereocenters. The first-order valence-electron chi connectivity index (χ1n) is 7.23. The van der Waals surface area contributed by atoms with Crippen molar-refractivity contribution < 1.29 is 19.1 Å². The van der Waals surface area contributed by atoms with Crippen molar-refractivity contribution in [2.45, 2.75) is 65.5 Å². The summed E-state index contributed by atoms with van der Waals surface area (Å²) in [6.45, 7) is 8.19. The third-order valence-electron chi connectivity index (χ3n) is 2.30. The van der Waals surface area contributed by atoms with E-state index in [4.69, 9.17) is 9.47 Å². The van der Waals surface area contributed by atoms with Crippen molar-refractivity contribution in [2.24, 2.45) is 0 Å². The first kappa shape index (κ1) is 18.7. The summed E-state index contributed by atoms with van der Waals surface area (Å²) in [5, 5.41) is 5.35. The number of alkyl carbamates (subject to hydrolysis) is 1. The Kier molecular flexibility index (Phi) is 10.8. The number of hydrogen-bond acceptors (Lipinski definition) is 4. The number of ether oxygens (including phenoxy) is 2. The average molecular weight is 288 g/mol. The van der Waals surface area contributed by atoms with Gasteiger partial charge in [-0.25, -0.2) is 4.79 Å². The van der Waals surface area contributed by atoms with Crippen molar-refractivity contribution >= 4 is 12.0 Å². The van der Waals surface area contributed by atoms with Crippen LogP contribution in [-0.4, -0.2) is 37.5 Å². The fraction of sp³-hybridized carbons (Fsp3) is 0.857. The zero-order valence-corrected chi connectivity index (χ0v) is 13.0. The van der Waals surface area contributed by atoms with E-state index in [-0.39, 0.29) is 24.8 Å². The van der Waals surface area contributed by atoms with Gasteiger partial charge in [-0.3, -0.25) is 10.1 Å². The zero-order valence-electron chi connectivity index (χ0n) is 13.0. The lowest BCUT2D eigenvalue weighted by molar-refractivity contribution is -0.121. The minimum absolute atomic E-state index is 0.0963. The minimum Gasteiger partial charge on any atom is -0.447 e. The Bertz CT molecular complexity index is 252. The predicted molar refractivity (Wildman–Crippen MR) is 77.3 cm³/mol. The van der Waals surface area contributed by atoms with Crippen LogP contribution in [-0.2, 0) is 14.3 Å². The molecule has 0 aliphatic rings. The monoisotopic (exact) mass is 288 g/mol. The van der Waals surface area contributed by atoms with Gasteiger partial charge in [-0.2, -0.15) is 0 Å². The Hall–Kier alpha value is -1.30. The molecule has 0 radical (unpaired) electrons. The number of rotatable bonds is 10. The fourth-order valence-electron chi connectivity index (χ4n) is 1.50. The molecule has 0 aliphatic carbocycles. The number of amides is 2. The summed E-state index contributed by atoms with van der Waals surface area (Å²) >= 11 is 0. The molecular weight excluding hydrogens is 260 g/mol. The summed E-state index contributed by atoms with van der Waals surface area (Å²) in [7, 11) is 0. The SMILES string of the molecule is CC(C)NC(=O)CCCCCOCNC(=O)OC(C)C. The predicted octanol–water partition coefficient (Wildman–Crippen LogP) is 2.18. The lowest BCUT2D eigenvalue weighted by atomic mass is 10.2. The molecule has 118 valence electrons. The molecule has 6 heteroatoms. The number of unbranched alkanes of at least 4 members (excludes halogenated alkanes) is 2. The molecule has 0 aliphatic heterocycles. The van der Waals surface area contributed by atoms with Gasteiger partial charge >= 0.3 is 6.09 Å². The van der Waals surface area contributed by atoms with Gasteiger partial charge < -0.3 is 14.8 Å². The van der Waals surface area contributed by atoms with E-state index in [0.717, 1.165) is 19.3 Å². The molecule has 0 aromatic heterocycles. The van der Waals surface area contributed by atoms with Gasteiger partial charge in [0.05, 0.1) is 6.10 Å². The van der Waals surface area contributed by atoms with Crippen molar-refractivity contribution in [3.63, 3.8) is 0 Å². The largest absolute Gasteiger partial charge is 0.447 e. The van der Waals surface area contributed by atoms with Gasteiger partial charge in [-0.1, -0.05) is 6.42 Å². The molecule has 0 unspecified atom stereocenters. The minimum atomic E-state index is -0.467. The molecule has 6 nitrogen and oxygen atoms in total. The van der Waals surface area contributed by atoms with Crippen LogP contribution in [0.3, 0.4) is 0 Å². The summed E-state index contributed by atoms with van der Waals surface area (Å²) < 4.78 is 10.1. The highest BCUT2D eigenvalue weighted by Gasteiger charge is 2.04. The standard InChI is InChI=1S/C14H28N2O4/c1-11(2)16-13(17)8-6-5-7-9-19-10-15-14(18)20-12(3)4/h11-12H,5-10H2,1-4H3,(H,15,18)(H,16,17). The van der Waals surface area contributed by atoms with Crippen LogP contribution < -0.4 is 10.6 Å². The number of carbonyl (C=O) groups is 2. The summed E-state index contributed by atoms with van der Waals surface area (Å²) in [5.41, 5.74) is 0. The zero-order chi connectivity index (χ0) is 15.4. The Balaban J connectivity index is 3.29. The molecule has 0 fully saturated rings. The Morgan fingerprint density at radius 1 is 1.05 bits per heavy atom. The van der Waals surface area contributed by atoms with Gasteiger partial charge in [0.2, 0.25) is 5.91 Å². The Morgan fingerprint density at radius 3 is 2.35 bits per heavy atom. The van der Waals surface area contributed by atoms with Crippen molar-refractivity contribution in [3.8, 4) is 0 Å². The topological polar surface area (TPSA) is 76.7 Å². The molecule has 2 N–H and O–H groups in total. The molecule has 0 spiro atoms. The van der Waals surface area contributed by atoms with E-state index in [9.17, 15) is 9.59 Å². The van der Waals surface area contributed by atoms with E-state index >= 15 is 0 Å².